The van der Waals surface area contributed by atoms with Gasteiger partial charge in [-0.1, -0.05) is 30.3 Å². The number of ether oxygens (including phenoxy) is 2. The fourth-order valence-corrected chi connectivity index (χ4v) is 2.92. The number of hydrogen-bond donors (Lipinski definition) is 0. The van der Waals surface area contributed by atoms with E-state index >= 15 is 0 Å². The summed E-state index contributed by atoms with van der Waals surface area (Å²) in [6, 6.07) is 9.73. The van der Waals surface area contributed by atoms with Crippen LogP contribution in [0.3, 0.4) is 0 Å². The second-order valence-electron chi connectivity index (χ2n) is 4.91. The zero-order chi connectivity index (χ0) is 13.2. The molecule has 1 saturated heterocycles. The van der Waals surface area contributed by atoms with Crippen molar-refractivity contribution in [1.82, 2.24) is 4.90 Å². The van der Waals surface area contributed by atoms with Crippen LogP contribution in [0.2, 0.25) is 0 Å². The number of hydrogen-bond acceptors (Lipinski definition) is 3. The largest absolute Gasteiger partial charge is 0.445 e. The van der Waals surface area contributed by atoms with Gasteiger partial charge in [-0.05, 0) is 5.56 Å². The average Bonchev–Trinajstić information content (AvgIpc) is 3.13. The fraction of sp³-hybridized carbons (Fsp3) is 0.500. The standard InChI is InChI=1S/C14H16ClNO3/c15-12-11-9-18-7-6-16(13(11)12)14(17)19-8-10-4-2-1-3-5-10/h1-5,11-13H,6-9H2/t11-,12+,13?/m0/s1. The van der Waals surface area contributed by atoms with E-state index in [4.69, 9.17) is 21.1 Å². The Balaban J connectivity index is 1.58. The SMILES string of the molecule is O=C(OCc1ccccc1)N1CCOC[C@@H]2C1[C@@H]2Cl. The van der Waals surface area contributed by atoms with Gasteiger partial charge in [-0.25, -0.2) is 4.79 Å². The second-order valence-corrected chi connectivity index (χ2v) is 5.41. The van der Waals surface area contributed by atoms with Gasteiger partial charge >= 0.3 is 6.09 Å². The lowest BCUT2D eigenvalue weighted by atomic mass is 10.2. The van der Waals surface area contributed by atoms with Crippen molar-refractivity contribution in [2.75, 3.05) is 19.8 Å². The Bertz CT molecular complexity index is 453. The summed E-state index contributed by atoms with van der Waals surface area (Å²) < 4.78 is 10.8. The molecule has 0 bridgehead atoms. The number of nitrogens with zero attached hydrogens (tertiary/aromatic N) is 1. The van der Waals surface area contributed by atoms with Crippen LogP contribution in [0, 0.1) is 5.92 Å². The summed E-state index contributed by atoms with van der Waals surface area (Å²) in [6.45, 7) is 2.04. The third kappa shape index (κ3) is 2.69. The van der Waals surface area contributed by atoms with Crippen molar-refractivity contribution >= 4 is 17.7 Å². The van der Waals surface area contributed by atoms with Crippen molar-refractivity contribution in [3.63, 3.8) is 0 Å². The summed E-state index contributed by atoms with van der Waals surface area (Å²) in [7, 11) is 0. The molecule has 0 aromatic heterocycles. The first kappa shape index (κ1) is 12.8. The highest BCUT2D eigenvalue weighted by Crippen LogP contribution is 2.42. The van der Waals surface area contributed by atoms with Crippen molar-refractivity contribution in [3.05, 3.63) is 35.9 Å². The van der Waals surface area contributed by atoms with Gasteiger partial charge in [0.2, 0.25) is 0 Å². The molecule has 0 N–H and O–H groups in total. The normalized spacial score (nSPS) is 29.3. The highest BCUT2D eigenvalue weighted by atomic mass is 35.5. The first-order chi connectivity index (χ1) is 9.27. The molecule has 0 spiro atoms. The van der Waals surface area contributed by atoms with Gasteiger partial charge in [-0.2, -0.15) is 0 Å². The topological polar surface area (TPSA) is 38.8 Å². The van der Waals surface area contributed by atoms with Gasteiger partial charge in [0, 0.05) is 12.5 Å². The van der Waals surface area contributed by atoms with Crippen LogP contribution >= 0.6 is 11.6 Å². The number of amides is 1. The van der Waals surface area contributed by atoms with Gasteiger partial charge in [0.15, 0.2) is 0 Å². The van der Waals surface area contributed by atoms with Crippen molar-refractivity contribution in [3.8, 4) is 0 Å². The summed E-state index contributed by atoms with van der Waals surface area (Å²) in [5.74, 6) is 0.258. The molecule has 1 unspecified atom stereocenters. The quantitative estimate of drug-likeness (QED) is 0.781. The number of carbonyl (C=O) groups is 1. The van der Waals surface area contributed by atoms with Crippen molar-refractivity contribution in [2.24, 2.45) is 5.92 Å². The highest BCUT2D eigenvalue weighted by molar-refractivity contribution is 6.23. The van der Waals surface area contributed by atoms with Gasteiger partial charge in [-0.15, -0.1) is 11.6 Å². The molecule has 5 heteroatoms. The molecular formula is C14H16ClNO3. The zero-order valence-corrected chi connectivity index (χ0v) is 11.3. The molecule has 19 heavy (non-hydrogen) atoms. The minimum Gasteiger partial charge on any atom is -0.445 e. The van der Waals surface area contributed by atoms with Gasteiger partial charge in [0.25, 0.3) is 0 Å². The molecule has 0 radical (unpaired) electrons. The summed E-state index contributed by atoms with van der Waals surface area (Å²) in [5, 5.41) is 0.00424. The van der Waals surface area contributed by atoms with Crippen LogP contribution in [0.5, 0.6) is 0 Å². The van der Waals surface area contributed by atoms with Crippen LogP contribution in [0.1, 0.15) is 5.56 Å². The molecule has 1 aromatic carbocycles. The molecule has 2 fully saturated rings. The van der Waals surface area contributed by atoms with Crippen LogP contribution in [0.4, 0.5) is 4.79 Å². The summed E-state index contributed by atoms with van der Waals surface area (Å²) >= 11 is 6.16. The lowest BCUT2D eigenvalue weighted by Crippen LogP contribution is -2.36. The minimum atomic E-state index is -0.299. The summed E-state index contributed by atoms with van der Waals surface area (Å²) in [6.07, 6.45) is -0.299. The molecule has 4 nitrogen and oxygen atoms in total. The van der Waals surface area contributed by atoms with Gasteiger partial charge in [-0.3, -0.25) is 0 Å². The average molecular weight is 282 g/mol. The molecule has 2 aliphatic rings. The first-order valence-corrected chi connectivity index (χ1v) is 6.90. The number of benzene rings is 1. The predicted octanol–water partition coefficient (Wildman–Crippen LogP) is 2.26. The van der Waals surface area contributed by atoms with E-state index in [9.17, 15) is 4.79 Å². The Morgan fingerprint density at radius 2 is 2.21 bits per heavy atom. The Hall–Kier alpha value is -1.26. The Morgan fingerprint density at radius 3 is 3.00 bits per heavy atom. The first-order valence-electron chi connectivity index (χ1n) is 6.46. The van der Waals surface area contributed by atoms with E-state index in [0.29, 0.717) is 26.4 Å². The molecule has 1 aromatic rings. The molecule has 1 amide bonds. The van der Waals surface area contributed by atoms with E-state index in [2.05, 4.69) is 0 Å². The minimum absolute atomic E-state index is 0.00424. The van der Waals surface area contributed by atoms with Crippen molar-refractivity contribution < 1.29 is 14.3 Å². The van der Waals surface area contributed by atoms with Gasteiger partial charge < -0.3 is 14.4 Å². The van der Waals surface area contributed by atoms with E-state index in [-0.39, 0.29) is 23.4 Å². The van der Waals surface area contributed by atoms with E-state index in [0.717, 1.165) is 5.56 Å². The fourth-order valence-electron chi connectivity index (χ4n) is 2.46. The maximum atomic E-state index is 12.1. The van der Waals surface area contributed by atoms with Crippen LogP contribution in [-0.2, 0) is 16.1 Å². The van der Waals surface area contributed by atoms with Crippen LogP contribution in [-0.4, -0.2) is 42.2 Å². The Morgan fingerprint density at radius 1 is 1.42 bits per heavy atom. The van der Waals surface area contributed by atoms with Crippen LogP contribution in [0.25, 0.3) is 0 Å². The number of fused-ring (bicyclic) bond motifs is 1. The molecule has 1 aliphatic heterocycles. The maximum Gasteiger partial charge on any atom is 0.410 e. The Labute approximate surface area is 117 Å². The monoisotopic (exact) mass is 281 g/mol. The number of halogens is 1. The van der Waals surface area contributed by atoms with E-state index in [1.807, 2.05) is 30.3 Å². The molecule has 1 heterocycles. The van der Waals surface area contributed by atoms with Gasteiger partial charge in [0.1, 0.15) is 6.61 Å². The van der Waals surface area contributed by atoms with E-state index < -0.39 is 0 Å². The predicted molar refractivity (Wildman–Crippen MR) is 71.1 cm³/mol. The van der Waals surface area contributed by atoms with E-state index in [1.54, 1.807) is 4.90 Å². The molecule has 1 aliphatic carbocycles. The van der Waals surface area contributed by atoms with Crippen molar-refractivity contribution in [1.29, 1.82) is 0 Å². The van der Waals surface area contributed by atoms with E-state index in [1.165, 1.54) is 0 Å². The highest BCUT2D eigenvalue weighted by Gasteiger charge is 2.55. The third-order valence-electron chi connectivity index (χ3n) is 3.62. The number of alkyl halides is 1. The second kappa shape index (κ2) is 5.39. The number of rotatable bonds is 2. The lowest BCUT2D eigenvalue weighted by molar-refractivity contribution is 0.0837. The number of carbonyl (C=O) groups excluding carboxylic acids is 1. The van der Waals surface area contributed by atoms with Crippen LogP contribution in [0.15, 0.2) is 30.3 Å². The molecule has 1 saturated carbocycles. The van der Waals surface area contributed by atoms with Gasteiger partial charge in [0.05, 0.1) is 24.6 Å². The Kier molecular flexibility index (Phi) is 3.62. The lowest BCUT2D eigenvalue weighted by Gasteiger charge is -2.20. The third-order valence-corrected chi connectivity index (χ3v) is 4.20. The molecule has 3 atom stereocenters. The molecule has 102 valence electrons. The van der Waals surface area contributed by atoms with Crippen LogP contribution < -0.4 is 0 Å². The summed E-state index contributed by atoms with van der Waals surface area (Å²) in [4.78, 5) is 13.8. The maximum absolute atomic E-state index is 12.1. The smallest absolute Gasteiger partial charge is 0.410 e. The molecular weight excluding hydrogens is 266 g/mol. The zero-order valence-electron chi connectivity index (χ0n) is 10.5. The van der Waals surface area contributed by atoms with Crippen molar-refractivity contribution in [2.45, 2.75) is 18.0 Å². The summed E-state index contributed by atoms with van der Waals surface area (Å²) in [5.41, 5.74) is 0.983. The molecule has 3 rings (SSSR count).